The van der Waals surface area contributed by atoms with E-state index in [1.54, 1.807) is 7.11 Å². The number of hydrogen-bond donors (Lipinski definition) is 0. The van der Waals surface area contributed by atoms with Crippen LogP contribution in [0.2, 0.25) is 0 Å². The van der Waals surface area contributed by atoms with Crippen molar-refractivity contribution in [1.82, 2.24) is 0 Å². The molecule has 1 aliphatic rings. The second-order valence-corrected chi connectivity index (χ2v) is 4.44. The van der Waals surface area contributed by atoms with Gasteiger partial charge >= 0.3 is 5.97 Å². The molecule has 0 atom stereocenters. The lowest BCUT2D eigenvalue weighted by molar-refractivity contribution is -0.149. The molecule has 1 fully saturated rings. The average molecular weight is 234 g/mol. The Balaban J connectivity index is 1.82. The van der Waals surface area contributed by atoms with Gasteiger partial charge in [0.1, 0.15) is 12.4 Å². The fraction of sp³-hybridized carbons (Fsp3) is 0.500. The summed E-state index contributed by atoms with van der Waals surface area (Å²) in [4.78, 5) is 11.7. The second-order valence-electron chi connectivity index (χ2n) is 4.44. The monoisotopic (exact) mass is 234 g/mol. The SMILES string of the molecule is COc1ccc(COC(=O)C2CCCC2)cc1. The highest BCUT2D eigenvalue weighted by atomic mass is 16.5. The Hall–Kier alpha value is -1.51. The maximum atomic E-state index is 11.7. The minimum atomic E-state index is -0.0432. The third-order valence-electron chi connectivity index (χ3n) is 3.23. The van der Waals surface area contributed by atoms with Crippen molar-refractivity contribution in [2.24, 2.45) is 5.92 Å². The molecule has 1 aromatic carbocycles. The molecule has 1 saturated carbocycles. The van der Waals surface area contributed by atoms with Crippen LogP contribution in [-0.2, 0) is 16.1 Å². The number of ether oxygens (including phenoxy) is 2. The molecule has 1 aliphatic carbocycles. The molecule has 0 radical (unpaired) electrons. The van der Waals surface area contributed by atoms with E-state index in [1.165, 1.54) is 0 Å². The number of carbonyl (C=O) groups is 1. The molecule has 3 nitrogen and oxygen atoms in total. The smallest absolute Gasteiger partial charge is 0.309 e. The first-order valence-corrected chi connectivity index (χ1v) is 6.09. The molecular formula is C14H18O3. The summed E-state index contributed by atoms with van der Waals surface area (Å²) in [7, 11) is 1.63. The molecule has 0 unspecified atom stereocenters. The molecule has 0 aliphatic heterocycles. The van der Waals surface area contributed by atoms with Crippen LogP contribution in [0.25, 0.3) is 0 Å². The molecule has 92 valence electrons. The van der Waals surface area contributed by atoms with Crippen molar-refractivity contribution in [3.05, 3.63) is 29.8 Å². The second kappa shape index (κ2) is 5.71. The van der Waals surface area contributed by atoms with Crippen LogP contribution < -0.4 is 4.74 Å². The summed E-state index contributed by atoms with van der Waals surface area (Å²) in [6.45, 7) is 0.360. The predicted octanol–water partition coefficient (Wildman–Crippen LogP) is 2.93. The van der Waals surface area contributed by atoms with Gasteiger partial charge in [0.2, 0.25) is 0 Å². The zero-order chi connectivity index (χ0) is 12.1. The molecule has 0 saturated heterocycles. The molecule has 1 aromatic rings. The lowest BCUT2D eigenvalue weighted by atomic mass is 10.1. The van der Waals surface area contributed by atoms with E-state index < -0.39 is 0 Å². The van der Waals surface area contributed by atoms with Gasteiger partial charge in [0.25, 0.3) is 0 Å². The minimum Gasteiger partial charge on any atom is -0.497 e. The summed E-state index contributed by atoms with van der Waals surface area (Å²) in [5.41, 5.74) is 0.997. The van der Waals surface area contributed by atoms with Crippen LogP contribution in [0.3, 0.4) is 0 Å². The number of carbonyl (C=O) groups excluding carboxylic acids is 1. The van der Waals surface area contributed by atoms with Gasteiger partial charge in [-0.2, -0.15) is 0 Å². The molecule has 0 amide bonds. The topological polar surface area (TPSA) is 35.5 Å². The molecule has 0 spiro atoms. The van der Waals surface area contributed by atoms with Gasteiger partial charge in [0.05, 0.1) is 13.0 Å². The molecule has 3 heteroatoms. The molecule has 0 aromatic heterocycles. The Kier molecular flexibility index (Phi) is 4.02. The van der Waals surface area contributed by atoms with Crippen LogP contribution in [0.15, 0.2) is 24.3 Å². The van der Waals surface area contributed by atoms with Crippen molar-refractivity contribution in [3.8, 4) is 5.75 Å². The summed E-state index contributed by atoms with van der Waals surface area (Å²) >= 11 is 0. The van der Waals surface area contributed by atoms with E-state index >= 15 is 0 Å². The zero-order valence-corrected chi connectivity index (χ0v) is 10.1. The average Bonchev–Trinajstić information content (AvgIpc) is 2.90. The first kappa shape index (κ1) is 12.0. The van der Waals surface area contributed by atoms with Crippen LogP contribution >= 0.6 is 0 Å². The first-order chi connectivity index (χ1) is 8.29. The highest BCUT2D eigenvalue weighted by molar-refractivity contribution is 5.72. The maximum absolute atomic E-state index is 11.7. The first-order valence-electron chi connectivity index (χ1n) is 6.09. The van der Waals surface area contributed by atoms with Crippen LogP contribution in [0.5, 0.6) is 5.75 Å². The van der Waals surface area contributed by atoms with Crippen LogP contribution in [-0.4, -0.2) is 13.1 Å². The molecule has 0 bridgehead atoms. The van der Waals surface area contributed by atoms with Crippen molar-refractivity contribution in [2.45, 2.75) is 32.3 Å². The van der Waals surface area contributed by atoms with Gasteiger partial charge in [0.15, 0.2) is 0 Å². The van der Waals surface area contributed by atoms with Gasteiger partial charge in [0, 0.05) is 0 Å². The van der Waals surface area contributed by atoms with Gasteiger partial charge in [-0.15, -0.1) is 0 Å². The van der Waals surface area contributed by atoms with Crippen molar-refractivity contribution in [3.63, 3.8) is 0 Å². The summed E-state index contributed by atoms with van der Waals surface area (Å²) in [5, 5.41) is 0. The number of benzene rings is 1. The summed E-state index contributed by atoms with van der Waals surface area (Å²) < 4.78 is 10.4. The fourth-order valence-corrected chi connectivity index (χ4v) is 2.16. The van der Waals surface area contributed by atoms with E-state index in [1.807, 2.05) is 24.3 Å². The fourth-order valence-electron chi connectivity index (χ4n) is 2.16. The third-order valence-corrected chi connectivity index (χ3v) is 3.23. The zero-order valence-electron chi connectivity index (χ0n) is 10.1. The lowest BCUT2D eigenvalue weighted by Crippen LogP contribution is -2.14. The van der Waals surface area contributed by atoms with Crippen LogP contribution in [0, 0.1) is 5.92 Å². The Morgan fingerprint density at radius 1 is 1.24 bits per heavy atom. The van der Waals surface area contributed by atoms with E-state index in [4.69, 9.17) is 9.47 Å². The maximum Gasteiger partial charge on any atom is 0.309 e. The van der Waals surface area contributed by atoms with E-state index in [9.17, 15) is 4.79 Å². The van der Waals surface area contributed by atoms with Crippen molar-refractivity contribution >= 4 is 5.97 Å². The van der Waals surface area contributed by atoms with Crippen molar-refractivity contribution in [1.29, 1.82) is 0 Å². The summed E-state index contributed by atoms with van der Waals surface area (Å²) in [5.74, 6) is 0.905. The van der Waals surface area contributed by atoms with E-state index in [-0.39, 0.29) is 11.9 Å². The van der Waals surface area contributed by atoms with Gasteiger partial charge < -0.3 is 9.47 Å². The molecular weight excluding hydrogens is 216 g/mol. The molecule has 0 heterocycles. The predicted molar refractivity (Wildman–Crippen MR) is 64.7 cm³/mol. The number of rotatable bonds is 4. The largest absolute Gasteiger partial charge is 0.497 e. The number of hydrogen-bond acceptors (Lipinski definition) is 3. The van der Waals surface area contributed by atoms with Gasteiger partial charge in [-0.3, -0.25) is 4.79 Å². The van der Waals surface area contributed by atoms with Crippen LogP contribution in [0.1, 0.15) is 31.2 Å². The molecule has 0 N–H and O–H groups in total. The highest BCUT2D eigenvalue weighted by Crippen LogP contribution is 2.26. The quantitative estimate of drug-likeness (QED) is 0.751. The lowest BCUT2D eigenvalue weighted by Gasteiger charge is -2.09. The molecule has 17 heavy (non-hydrogen) atoms. The van der Waals surface area contributed by atoms with Crippen LogP contribution in [0.4, 0.5) is 0 Å². The number of methoxy groups -OCH3 is 1. The van der Waals surface area contributed by atoms with E-state index in [0.717, 1.165) is 37.0 Å². The Morgan fingerprint density at radius 2 is 1.88 bits per heavy atom. The highest BCUT2D eigenvalue weighted by Gasteiger charge is 2.23. The third kappa shape index (κ3) is 3.22. The summed E-state index contributed by atoms with van der Waals surface area (Å²) in [6.07, 6.45) is 4.29. The Morgan fingerprint density at radius 3 is 2.47 bits per heavy atom. The summed E-state index contributed by atoms with van der Waals surface area (Å²) in [6, 6.07) is 7.58. The van der Waals surface area contributed by atoms with Gasteiger partial charge in [-0.25, -0.2) is 0 Å². The Labute approximate surface area is 102 Å². The number of esters is 1. The van der Waals surface area contributed by atoms with E-state index in [0.29, 0.717) is 6.61 Å². The molecule has 2 rings (SSSR count). The Bertz CT molecular complexity index is 364. The van der Waals surface area contributed by atoms with Crippen molar-refractivity contribution in [2.75, 3.05) is 7.11 Å². The minimum absolute atomic E-state index is 0.0432. The van der Waals surface area contributed by atoms with Gasteiger partial charge in [-0.1, -0.05) is 25.0 Å². The van der Waals surface area contributed by atoms with Gasteiger partial charge in [-0.05, 0) is 30.5 Å². The van der Waals surface area contributed by atoms with Crippen molar-refractivity contribution < 1.29 is 14.3 Å². The normalized spacial score (nSPS) is 15.8. The standard InChI is InChI=1S/C14H18O3/c1-16-13-8-6-11(7-9-13)10-17-14(15)12-4-2-3-5-12/h6-9,12H,2-5,10H2,1H3. The van der Waals surface area contributed by atoms with E-state index in [2.05, 4.69) is 0 Å².